The molecule has 0 heterocycles. The quantitative estimate of drug-likeness (QED) is 0.820. The van der Waals surface area contributed by atoms with Crippen LogP contribution in [0.3, 0.4) is 0 Å². The number of aliphatic hydroxyl groups is 1. The van der Waals surface area contributed by atoms with Gasteiger partial charge in [-0.1, -0.05) is 19.9 Å². The number of hydrogen-bond acceptors (Lipinski definition) is 2. The van der Waals surface area contributed by atoms with Gasteiger partial charge in [0, 0.05) is 6.04 Å². The second kappa shape index (κ2) is 5.67. The fourth-order valence-electron chi connectivity index (χ4n) is 1.63. The van der Waals surface area contributed by atoms with Crippen LogP contribution in [0, 0.1) is 5.82 Å². The van der Waals surface area contributed by atoms with E-state index in [1.807, 2.05) is 0 Å². The van der Waals surface area contributed by atoms with Crippen LogP contribution in [0.2, 0.25) is 0 Å². The minimum Gasteiger partial charge on any atom is -0.394 e. The summed E-state index contributed by atoms with van der Waals surface area (Å²) in [5.74, 6) is -1.31. The summed E-state index contributed by atoms with van der Waals surface area (Å²) in [4.78, 5) is 0. The molecule has 0 radical (unpaired) electrons. The van der Waals surface area contributed by atoms with Crippen LogP contribution < -0.4 is 5.32 Å². The molecule has 18 heavy (non-hydrogen) atoms. The van der Waals surface area contributed by atoms with Crippen molar-refractivity contribution in [1.29, 1.82) is 0 Å². The molecule has 102 valence electrons. The molecule has 0 saturated heterocycles. The van der Waals surface area contributed by atoms with Crippen LogP contribution in [0.15, 0.2) is 18.2 Å². The average molecular weight is 265 g/mol. The van der Waals surface area contributed by atoms with Gasteiger partial charge in [-0.05, 0) is 17.7 Å². The second-order valence-corrected chi connectivity index (χ2v) is 4.29. The van der Waals surface area contributed by atoms with Crippen molar-refractivity contribution in [2.24, 2.45) is 0 Å². The van der Waals surface area contributed by atoms with Crippen LogP contribution in [0.1, 0.15) is 31.0 Å². The molecule has 0 aromatic heterocycles. The van der Waals surface area contributed by atoms with Crippen molar-refractivity contribution in [1.82, 2.24) is 5.32 Å². The van der Waals surface area contributed by atoms with E-state index in [1.54, 1.807) is 13.8 Å². The van der Waals surface area contributed by atoms with Gasteiger partial charge in [-0.15, -0.1) is 0 Å². The van der Waals surface area contributed by atoms with Gasteiger partial charge in [0.15, 0.2) is 0 Å². The Labute approximate surface area is 103 Å². The Balaban J connectivity index is 3.10. The molecule has 2 N–H and O–H groups in total. The summed E-state index contributed by atoms with van der Waals surface area (Å²) in [6, 6.07) is 2.07. The van der Waals surface area contributed by atoms with Crippen LogP contribution in [0.25, 0.3) is 0 Å². The molecule has 0 fully saturated rings. The largest absolute Gasteiger partial charge is 0.419 e. The molecule has 6 heteroatoms. The highest BCUT2D eigenvalue weighted by molar-refractivity contribution is 5.29. The molecule has 1 atom stereocenters. The van der Waals surface area contributed by atoms with Gasteiger partial charge in [0.2, 0.25) is 0 Å². The third-order valence-electron chi connectivity index (χ3n) is 2.42. The Bertz CT molecular complexity index is 404. The Morgan fingerprint density at radius 1 is 1.28 bits per heavy atom. The number of nitrogens with one attached hydrogen (secondary N) is 1. The van der Waals surface area contributed by atoms with E-state index in [9.17, 15) is 17.6 Å². The van der Waals surface area contributed by atoms with Crippen molar-refractivity contribution in [3.63, 3.8) is 0 Å². The normalized spacial score (nSPS) is 14.0. The third kappa shape index (κ3) is 3.68. The zero-order chi connectivity index (χ0) is 13.9. The molecule has 2 nitrogen and oxygen atoms in total. The van der Waals surface area contributed by atoms with Crippen LogP contribution >= 0.6 is 0 Å². The van der Waals surface area contributed by atoms with Crippen molar-refractivity contribution in [2.45, 2.75) is 32.1 Å². The van der Waals surface area contributed by atoms with Gasteiger partial charge >= 0.3 is 6.18 Å². The maximum Gasteiger partial charge on any atom is 0.419 e. The van der Waals surface area contributed by atoms with Crippen molar-refractivity contribution in [3.8, 4) is 0 Å². The fourth-order valence-corrected chi connectivity index (χ4v) is 1.63. The van der Waals surface area contributed by atoms with Gasteiger partial charge < -0.3 is 10.4 Å². The molecule has 1 unspecified atom stereocenters. The van der Waals surface area contributed by atoms with Gasteiger partial charge in [-0.2, -0.15) is 13.2 Å². The molecule has 0 aliphatic heterocycles. The first kappa shape index (κ1) is 14.9. The first-order valence-corrected chi connectivity index (χ1v) is 5.49. The molecule has 0 saturated carbocycles. The lowest BCUT2D eigenvalue weighted by molar-refractivity contribution is -0.140. The van der Waals surface area contributed by atoms with E-state index in [4.69, 9.17) is 5.11 Å². The molecule has 0 aliphatic rings. The average Bonchev–Trinajstić information content (AvgIpc) is 2.25. The predicted octanol–water partition coefficient (Wildman–Crippen LogP) is 2.88. The van der Waals surface area contributed by atoms with Crippen molar-refractivity contribution in [2.75, 3.05) is 6.61 Å². The molecular weight excluding hydrogens is 250 g/mol. The van der Waals surface area contributed by atoms with Crippen LogP contribution in [0.5, 0.6) is 0 Å². The van der Waals surface area contributed by atoms with Gasteiger partial charge in [0.1, 0.15) is 5.82 Å². The number of benzene rings is 1. The second-order valence-electron chi connectivity index (χ2n) is 4.29. The maximum absolute atomic E-state index is 13.1. The topological polar surface area (TPSA) is 32.3 Å². The Hall–Kier alpha value is -1.14. The van der Waals surface area contributed by atoms with E-state index in [0.29, 0.717) is 0 Å². The summed E-state index contributed by atoms with van der Waals surface area (Å²) in [6.45, 7) is 3.24. The standard InChI is InChI=1S/C12H15F4NO/c1-7(2)17-11(6-18)8-3-4-10(13)9(5-8)12(14,15)16/h3-5,7,11,17-18H,6H2,1-2H3. The molecule has 0 amide bonds. The molecule has 1 rings (SSSR count). The lowest BCUT2D eigenvalue weighted by Crippen LogP contribution is -2.30. The van der Waals surface area contributed by atoms with Gasteiger partial charge in [0.25, 0.3) is 0 Å². The van der Waals surface area contributed by atoms with Crippen molar-refractivity contribution >= 4 is 0 Å². The highest BCUT2D eigenvalue weighted by Crippen LogP contribution is 2.33. The minimum absolute atomic E-state index is 0.0125. The van der Waals surface area contributed by atoms with E-state index in [-0.39, 0.29) is 18.2 Å². The summed E-state index contributed by atoms with van der Waals surface area (Å²) in [7, 11) is 0. The number of hydrogen-bond donors (Lipinski definition) is 2. The zero-order valence-corrected chi connectivity index (χ0v) is 10.1. The van der Waals surface area contributed by atoms with E-state index >= 15 is 0 Å². The van der Waals surface area contributed by atoms with E-state index in [2.05, 4.69) is 5.32 Å². The Morgan fingerprint density at radius 2 is 1.89 bits per heavy atom. The van der Waals surface area contributed by atoms with Gasteiger partial charge in [0.05, 0.1) is 18.2 Å². The molecular formula is C12H15F4NO. The zero-order valence-electron chi connectivity index (χ0n) is 10.1. The highest BCUT2D eigenvalue weighted by atomic mass is 19.4. The summed E-state index contributed by atoms with van der Waals surface area (Å²) >= 11 is 0. The molecule has 1 aromatic carbocycles. The summed E-state index contributed by atoms with van der Waals surface area (Å²) in [5.41, 5.74) is -1.11. The highest BCUT2D eigenvalue weighted by Gasteiger charge is 2.34. The summed E-state index contributed by atoms with van der Waals surface area (Å²) in [5, 5.41) is 12.1. The first-order valence-electron chi connectivity index (χ1n) is 5.49. The van der Waals surface area contributed by atoms with Crippen LogP contribution in [-0.4, -0.2) is 17.8 Å². The van der Waals surface area contributed by atoms with Crippen molar-refractivity contribution < 1.29 is 22.7 Å². The monoisotopic (exact) mass is 265 g/mol. The van der Waals surface area contributed by atoms with E-state index in [0.717, 1.165) is 12.1 Å². The van der Waals surface area contributed by atoms with E-state index in [1.165, 1.54) is 6.07 Å². The molecule has 0 spiro atoms. The third-order valence-corrected chi connectivity index (χ3v) is 2.42. The number of alkyl halides is 3. The Kier molecular flexibility index (Phi) is 4.70. The van der Waals surface area contributed by atoms with Gasteiger partial charge in [-0.25, -0.2) is 4.39 Å². The summed E-state index contributed by atoms with van der Waals surface area (Å²) in [6.07, 6.45) is -4.74. The minimum atomic E-state index is -4.74. The van der Waals surface area contributed by atoms with E-state index < -0.39 is 23.6 Å². The number of halogens is 4. The summed E-state index contributed by atoms with van der Waals surface area (Å²) < 4.78 is 50.7. The number of aliphatic hydroxyl groups excluding tert-OH is 1. The SMILES string of the molecule is CC(C)NC(CO)c1ccc(F)c(C(F)(F)F)c1. The predicted molar refractivity (Wildman–Crippen MR) is 59.5 cm³/mol. The van der Waals surface area contributed by atoms with Crippen molar-refractivity contribution in [3.05, 3.63) is 35.1 Å². The molecule has 0 bridgehead atoms. The fraction of sp³-hybridized carbons (Fsp3) is 0.500. The number of rotatable bonds is 4. The maximum atomic E-state index is 13.1. The lowest BCUT2D eigenvalue weighted by atomic mass is 10.0. The Morgan fingerprint density at radius 3 is 2.33 bits per heavy atom. The van der Waals surface area contributed by atoms with Gasteiger partial charge in [-0.3, -0.25) is 0 Å². The first-order chi connectivity index (χ1) is 8.25. The van der Waals surface area contributed by atoms with Crippen LogP contribution in [0.4, 0.5) is 17.6 Å². The molecule has 0 aliphatic carbocycles. The van der Waals surface area contributed by atoms with Crippen LogP contribution in [-0.2, 0) is 6.18 Å². The lowest BCUT2D eigenvalue weighted by Gasteiger charge is -2.20. The molecule has 1 aromatic rings. The smallest absolute Gasteiger partial charge is 0.394 e.